The summed E-state index contributed by atoms with van der Waals surface area (Å²) in [4.78, 5) is 0. The van der Waals surface area contributed by atoms with E-state index in [2.05, 4.69) is 26.9 Å². The van der Waals surface area contributed by atoms with Crippen molar-refractivity contribution in [2.24, 2.45) is 0 Å². The molecule has 1 atom stereocenters. The summed E-state index contributed by atoms with van der Waals surface area (Å²) < 4.78 is 5.76. The van der Waals surface area contributed by atoms with Gasteiger partial charge in [0.15, 0.2) is 0 Å². The van der Waals surface area contributed by atoms with E-state index in [1.165, 1.54) is 38.5 Å². The van der Waals surface area contributed by atoms with E-state index in [-0.39, 0.29) is 0 Å². The van der Waals surface area contributed by atoms with Crippen LogP contribution in [0.25, 0.3) is 0 Å². The Kier molecular flexibility index (Phi) is 8.88. The van der Waals surface area contributed by atoms with Crippen LogP contribution in [0.1, 0.15) is 52.4 Å². The van der Waals surface area contributed by atoms with Crippen molar-refractivity contribution in [3.05, 3.63) is 0 Å². The fourth-order valence-corrected chi connectivity index (χ4v) is 2.42. The molecule has 0 bridgehead atoms. The molecule has 0 N–H and O–H groups in total. The molecule has 13 heavy (non-hydrogen) atoms. The molecule has 0 aromatic rings. The van der Waals surface area contributed by atoms with Crippen LogP contribution in [-0.2, 0) is 4.43 Å². The quantitative estimate of drug-likeness (QED) is 0.426. The maximum atomic E-state index is 5.76. The van der Waals surface area contributed by atoms with Gasteiger partial charge in [0.25, 0.3) is 0 Å². The number of hydrogen-bond donors (Lipinski definition) is 0. The van der Waals surface area contributed by atoms with E-state index < -0.39 is 9.04 Å². The van der Waals surface area contributed by atoms with Crippen LogP contribution < -0.4 is 0 Å². The minimum atomic E-state index is -0.480. The Bertz CT molecular complexity index is 104. The van der Waals surface area contributed by atoms with Crippen LogP contribution in [0.3, 0.4) is 0 Å². The molecule has 2 heteroatoms. The number of unbranched alkanes of at least 4 members (excludes halogenated alkanes) is 4. The van der Waals surface area contributed by atoms with Crippen LogP contribution in [0.4, 0.5) is 0 Å². The molecule has 1 radical (unpaired) electrons. The molecule has 0 amide bonds. The van der Waals surface area contributed by atoms with Crippen LogP contribution in [0.5, 0.6) is 0 Å². The average Bonchev–Trinajstić information content (AvgIpc) is 2.02. The van der Waals surface area contributed by atoms with Gasteiger partial charge in [-0.25, -0.2) is 0 Å². The number of rotatable bonds is 8. The normalized spacial score (nSPS) is 13.6. The highest BCUT2D eigenvalue weighted by Gasteiger charge is 2.04. The van der Waals surface area contributed by atoms with Crippen molar-refractivity contribution >= 4 is 9.04 Å². The summed E-state index contributed by atoms with van der Waals surface area (Å²) in [5, 5.41) is 0. The molecule has 0 heterocycles. The lowest BCUT2D eigenvalue weighted by atomic mass is 10.1. The third-order valence-corrected chi connectivity index (χ3v) is 3.02. The lowest BCUT2D eigenvalue weighted by Crippen LogP contribution is -2.17. The summed E-state index contributed by atoms with van der Waals surface area (Å²) in [6.07, 6.45) is 8.60. The van der Waals surface area contributed by atoms with Gasteiger partial charge in [-0.3, -0.25) is 0 Å². The predicted molar refractivity (Wildman–Crippen MR) is 61.4 cm³/mol. The minimum Gasteiger partial charge on any atom is -0.415 e. The molecule has 1 unspecified atom stereocenters. The van der Waals surface area contributed by atoms with Gasteiger partial charge >= 0.3 is 0 Å². The molecule has 0 saturated heterocycles. The summed E-state index contributed by atoms with van der Waals surface area (Å²) in [5.41, 5.74) is 0. The van der Waals surface area contributed by atoms with Gasteiger partial charge in [0.05, 0.1) is 0 Å². The van der Waals surface area contributed by atoms with Gasteiger partial charge in [-0.15, -0.1) is 0 Å². The molecule has 0 aromatic carbocycles. The van der Waals surface area contributed by atoms with E-state index in [0.717, 1.165) is 0 Å². The maximum absolute atomic E-state index is 5.76. The maximum Gasteiger partial charge on any atom is 0.205 e. The Hall–Kier alpha value is 0.177. The molecule has 0 spiro atoms. The monoisotopic (exact) mass is 201 g/mol. The molecule has 0 rings (SSSR count). The highest BCUT2D eigenvalue weighted by Crippen LogP contribution is 2.09. The van der Waals surface area contributed by atoms with Crippen molar-refractivity contribution in [3.8, 4) is 0 Å². The topological polar surface area (TPSA) is 9.23 Å². The Morgan fingerprint density at radius 3 is 2.23 bits per heavy atom. The van der Waals surface area contributed by atoms with Gasteiger partial charge in [0, 0.05) is 6.10 Å². The van der Waals surface area contributed by atoms with Crippen molar-refractivity contribution in [1.29, 1.82) is 0 Å². The fraction of sp³-hybridized carbons (Fsp3) is 1.00. The van der Waals surface area contributed by atoms with E-state index in [1.54, 1.807) is 0 Å². The molecule has 0 aliphatic rings. The largest absolute Gasteiger partial charge is 0.415 e. The smallest absolute Gasteiger partial charge is 0.205 e. The van der Waals surface area contributed by atoms with Crippen LogP contribution in [0.2, 0.25) is 13.1 Å². The van der Waals surface area contributed by atoms with Gasteiger partial charge in [-0.1, -0.05) is 39.0 Å². The second-order valence-corrected chi connectivity index (χ2v) is 6.09. The molecule has 1 nitrogen and oxygen atoms in total. The van der Waals surface area contributed by atoms with Crippen LogP contribution in [0, 0.1) is 0 Å². The molecule has 0 aromatic heterocycles. The molecular weight excluding hydrogens is 176 g/mol. The van der Waals surface area contributed by atoms with Gasteiger partial charge in [0.1, 0.15) is 0 Å². The van der Waals surface area contributed by atoms with Gasteiger partial charge < -0.3 is 4.43 Å². The summed E-state index contributed by atoms with van der Waals surface area (Å²) in [6, 6.07) is 0. The van der Waals surface area contributed by atoms with Crippen molar-refractivity contribution in [2.45, 2.75) is 71.6 Å². The first-order chi connectivity index (χ1) is 6.16. The second-order valence-electron chi connectivity index (χ2n) is 4.04. The Morgan fingerprint density at radius 2 is 1.69 bits per heavy atom. The third kappa shape index (κ3) is 10.1. The zero-order chi connectivity index (χ0) is 10.1. The first-order valence-electron chi connectivity index (χ1n) is 5.63. The average molecular weight is 201 g/mol. The van der Waals surface area contributed by atoms with Crippen molar-refractivity contribution in [1.82, 2.24) is 0 Å². The molecule has 0 aliphatic heterocycles. The minimum absolute atomic E-state index is 0.480. The summed E-state index contributed by atoms with van der Waals surface area (Å²) in [5.74, 6) is 0. The summed E-state index contributed by atoms with van der Waals surface area (Å²) >= 11 is 0. The first-order valence-corrected chi connectivity index (χ1v) is 8.04. The Labute approximate surface area is 85.6 Å². The van der Waals surface area contributed by atoms with E-state index in [1.807, 2.05) is 0 Å². The highest BCUT2D eigenvalue weighted by atomic mass is 28.3. The van der Waals surface area contributed by atoms with E-state index >= 15 is 0 Å². The lowest BCUT2D eigenvalue weighted by Gasteiger charge is -2.14. The standard InChI is InChI=1S/C11H25OSi/c1-5-6-7-8-9-10-11(2)12-13(3)4/h11H,5-10H2,1-4H3. The molecule has 79 valence electrons. The van der Waals surface area contributed by atoms with Crippen LogP contribution >= 0.6 is 0 Å². The molecule has 0 fully saturated rings. The third-order valence-electron chi connectivity index (χ3n) is 2.15. The highest BCUT2D eigenvalue weighted by molar-refractivity contribution is 6.48. The number of hydrogen-bond acceptors (Lipinski definition) is 1. The fourth-order valence-electron chi connectivity index (χ4n) is 1.50. The van der Waals surface area contributed by atoms with Crippen molar-refractivity contribution in [2.75, 3.05) is 0 Å². The van der Waals surface area contributed by atoms with Gasteiger partial charge in [-0.05, 0) is 26.4 Å². The summed E-state index contributed by atoms with van der Waals surface area (Å²) in [6.45, 7) is 8.88. The molecular formula is C11H25OSi. The zero-order valence-electron chi connectivity index (χ0n) is 9.73. The van der Waals surface area contributed by atoms with Crippen molar-refractivity contribution < 1.29 is 4.43 Å². The van der Waals surface area contributed by atoms with E-state index in [4.69, 9.17) is 4.43 Å². The molecule has 0 aliphatic carbocycles. The van der Waals surface area contributed by atoms with Crippen molar-refractivity contribution in [3.63, 3.8) is 0 Å². The predicted octanol–water partition coefficient (Wildman–Crippen LogP) is 4.00. The Morgan fingerprint density at radius 1 is 1.08 bits per heavy atom. The van der Waals surface area contributed by atoms with E-state index in [9.17, 15) is 0 Å². The Balaban J connectivity index is 3.12. The molecule has 0 saturated carbocycles. The van der Waals surface area contributed by atoms with Crippen LogP contribution in [0.15, 0.2) is 0 Å². The second kappa shape index (κ2) is 8.76. The van der Waals surface area contributed by atoms with E-state index in [0.29, 0.717) is 6.10 Å². The van der Waals surface area contributed by atoms with Gasteiger partial charge in [-0.2, -0.15) is 0 Å². The lowest BCUT2D eigenvalue weighted by molar-refractivity contribution is 0.209. The zero-order valence-corrected chi connectivity index (χ0v) is 10.7. The first kappa shape index (κ1) is 13.2. The van der Waals surface area contributed by atoms with Gasteiger partial charge in [0.2, 0.25) is 9.04 Å². The SMILES string of the molecule is CCCCCCCC(C)O[Si](C)C. The van der Waals surface area contributed by atoms with Crippen LogP contribution in [-0.4, -0.2) is 15.1 Å². The summed E-state index contributed by atoms with van der Waals surface area (Å²) in [7, 11) is -0.480.